The molecule has 5 heteroatoms. The van der Waals surface area contributed by atoms with E-state index in [9.17, 15) is 10.1 Å². The van der Waals surface area contributed by atoms with Crippen molar-refractivity contribution in [3.63, 3.8) is 0 Å². The summed E-state index contributed by atoms with van der Waals surface area (Å²) in [6.07, 6.45) is 2.18. The van der Waals surface area contributed by atoms with Gasteiger partial charge in [0.2, 0.25) is 5.91 Å². The highest BCUT2D eigenvalue weighted by atomic mass is 35.5. The van der Waals surface area contributed by atoms with E-state index < -0.39 is 5.92 Å². The van der Waals surface area contributed by atoms with Crippen molar-refractivity contribution in [2.75, 3.05) is 5.32 Å². The third-order valence-corrected chi connectivity index (χ3v) is 6.53. The van der Waals surface area contributed by atoms with Crippen molar-refractivity contribution in [1.82, 2.24) is 0 Å². The Labute approximate surface area is 188 Å². The first-order valence-corrected chi connectivity index (χ1v) is 10.7. The van der Waals surface area contributed by atoms with Gasteiger partial charge in [0.15, 0.2) is 0 Å². The highest BCUT2D eigenvalue weighted by Gasteiger charge is 2.60. The molecule has 1 amide bonds. The van der Waals surface area contributed by atoms with Crippen LogP contribution in [0.1, 0.15) is 50.3 Å². The molecular weight excluding hydrogens is 415 g/mol. The first kappa shape index (κ1) is 22.4. The van der Waals surface area contributed by atoms with Gasteiger partial charge in [0.1, 0.15) is 0 Å². The number of nitrogens with zero attached hydrogens (tertiary/aromatic N) is 1. The summed E-state index contributed by atoms with van der Waals surface area (Å²) in [6.45, 7) is 10.3. The van der Waals surface area contributed by atoms with Crippen LogP contribution in [0.15, 0.2) is 48.0 Å². The largest absolute Gasteiger partial charge is 0.326 e. The molecule has 0 heterocycles. The molecule has 0 radical (unpaired) electrons. The number of allylic oxidation sites excluding steroid dienone is 2. The highest BCUT2D eigenvalue weighted by molar-refractivity contribution is 6.32. The Kier molecular flexibility index (Phi) is 6.32. The molecule has 2 aromatic rings. The van der Waals surface area contributed by atoms with E-state index in [-0.39, 0.29) is 23.2 Å². The molecule has 1 N–H and O–H groups in total. The number of anilines is 1. The molecule has 0 bridgehead atoms. The number of hydrogen-bond donors (Lipinski definition) is 1. The van der Waals surface area contributed by atoms with Crippen molar-refractivity contribution < 1.29 is 4.79 Å². The summed E-state index contributed by atoms with van der Waals surface area (Å²) < 4.78 is 0. The summed E-state index contributed by atoms with van der Waals surface area (Å²) in [5.74, 6) is -0.330. The predicted octanol–water partition coefficient (Wildman–Crippen LogP) is 7.13. The molecule has 1 saturated carbocycles. The van der Waals surface area contributed by atoms with Gasteiger partial charge in [-0.05, 0) is 67.0 Å². The molecule has 3 atom stereocenters. The molecule has 0 saturated heterocycles. The monoisotopic (exact) mass is 440 g/mol. The molecule has 156 valence electrons. The highest BCUT2D eigenvalue weighted by Crippen LogP contribution is 2.59. The van der Waals surface area contributed by atoms with Crippen molar-refractivity contribution in [3.8, 4) is 6.07 Å². The van der Waals surface area contributed by atoms with E-state index in [1.165, 1.54) is 5.57 Å². The maximum absolute atomic E-state index is 12.9. The van der Waals surface area contributed by atoms with Gasteiger partial charge in [-0.3, -0.25) is 4.79 Å². The number of carbonyl (C=O) groups is 1. The van der Waals surface area contributed by atoms with Crippen molar-refractivity contribution in [3.05, 3.63) is 74.8 Å². The van der Waals surface area contributed by atoms with Crippen molar-refractivity contribution in [2.45, 2.75) is 40.5 Å². The van der Waals surface area contributed by atoms with Gasteiger partial charge in [-0.1, -0.05) is 66.9 Å². The maximum atomic E-state index is 12.9. The van der Waals surface area contributed by atoms with Crippen LogP contribution in [0.5, 0.6) is 0 Å². The lowest BCUT2D eigenvalue weighted by molar-refractivity contribution is -0.118. The second-order valence-electron chi connectivity index (χ2n) is 8.86. The fourth-order valence-electron chi connectivity index (χ4n) is 4.10. The van der Waals surface area contributed by atoms with Crippen LogP contribution in [0.3, 0.4) is 0 Å². The van der Waals surface area contributed by atoms with E-state index in [2.05, 4.69) is 45.2 Å². The smallest absolute Gasteiger partial charge is 0.228 e. The number of benzene rings is 2. The van der Waals surface area contributed by atoms with E-state index in [0.29, 0.717) is 21.3 Å². The second kappa shape index (κ2) is 8.46. The van der Waals surface area contributed by atoms with Gasteiger partial charge in [0.25, 0.3) is 0 Å². The summed E-state index contributed by atoms with van der Waals surface area (Å²) in [7, 11) is 0. The minimum atomic E-state index is -0.511. The Morgan fingerprint density at radius 1 is 1.20 bits per heavy atom. The minimum Gasteiger partial charge on any atom is -0.326 e. The van der Waals surface area contributed by atoms with Gasteiger partial charge in [-0.25, -0.2) is 0 Å². The van der Waals surface area contributed by atoms with Crippen LogP contribution in [-0.4, -0.2) is 5.91 Å². The molecule has 1 fully saturated rings. The number of rotatable bonds is 5. The zero-order chi connectivity index (χ0) is 22.2. The Hall–Kier alpha value is -2.28. The molecule has 0 spiro atoms. The molecule has 2 aromatic carbocycles. The van der Waals surface area contributed by atoms with Crippen LogP contribution >= 0.6 is 23.2 Å². The zero-order valence-electron chi connectivity index (χ0n) is 17.9. The number of amides is 1. The molecule has 1 aliphatic rings. The van der Waals surface area contributed by atoms with Crippen molar-refractivity contribution in [1.29, 1.82) is 5.26 Å². The summed E-state index contributed by atoms with van der Waals surface area (Å²) in [5, 5.41) is 13.9. The van der Waals surface area contributed by atoms with Crippen molar-refractivity contribution in [2.24, 2.45) is 17.3 Å². The summed E-state index contributed by atoms with van der Waals surface area (Å²) >= 11 is 12.5. The van der Waals surface area contributed by atoms with Gasteiger partial charge in [-0.15, -0.1) is 0 Å². The average molecular weight is 441 g/mol. The van der Waals surface area contributed by atoms with Crippen molar-refractivity contribution >= 4 is 34.8 Å². The maximum Gasteiger partial charge on any atom is 0.228 e. The van der Waals surface area contributed by atoms with Crippen LogP contribution in [0.4, 0.5) is 5.69 Å². The molecule has 3 nitrogen and oxygen atoms in total. The number of carbonyl (C=O) groups excluding carboxylic acids is 1. The predicted molar refractivity (Wildman–Crippen MR) is 124 cm³/mol. The number of nitrogens with one attached hydrogen (secondary N) is 1. The quantitative estimate of drug-likeness (QED) is 0.502. The Balaban J connectivity index is 1.85. The average Bonchev–Trinajstić information content (AvgIpc) is 3.20. The van der Waals surface area contributed by atoms with E-state index >= 15 is 0 Å². The summed E-state index contributed by atoms with van der Waals surface area (Å²) in [5.41, 5.74) is 4.25. The second-order valence-corrected chi connectivity index (χ2v) is 9.70. The van der Waals surface area contributed by atoms with Crippen LogP contribution in [0, 0.1) is 35.5 Å². The lowest BCUT2D eigenvalue weighted by Gasteiger charge is -2.16. The normalized spacial score (nSPS) is 20.1. The first-order chi connectivity index (χ1) is 14.1. The van der Waals surface area contributed by atoms with Gasteiger partial charge < -0.3 is 5.32 Å². The van der Waals surface area contributed by atoms with Crippen LogP contribution < -0.4 is 5.32 Å². The van der Waals surface area contributed by atoms with E-state index in [0.717, 1.165) is 11.1 Å². The lowest BCUT2D eigenvalue weighted by Crippen LogP contribution is -2.17. The van der Waals surface area contributed by atoms with E-state index in [1.54, 1.807) is 18.2 Å². The standard InChI is InChI=1S/C25H26Cl2N2O/c1-14(2)10-20-23(25(20,4)5)24(30)29-22-12-21(27)18(11-15(22)3)19(13-28)16-6-8-17(26)9-7-16/h6-12,19-20,23H,1-5H3,(H,29,30)/t19-,20-,23+/m0/s1. The lowest BCUT2D eigenvalue weighted by atomic mass is 9.91. The first-order valence-electron chi connectivity index (χ1n) is 9.97. The number of aryl methyl sites for hydroxylation is 1. The molecule has 30 heavy (non-hydrogen) atoms. The third-order valence-electron chi connectivity index (χ3n) is 5.95. The van der Waals surface area contributed by atoms with E-state index in [1.807, 2.05) is 25.1 Å². The minimum absolute atomic E-state index is 0.00366. The van der Waals surface area contributed by atoms with Gasteiger partial charge >= 0.3 is 0 Å². The Morgan fingerprint density at radius 3 is 2.40 bits per heavy atom. The summed E-state index contributed by atoms with van der Waals surface area (Å²) in [4.78, 5) is 12.9. The van der Waals surface area contributed by atoms with Crippen LogP contribution in [0.2, 0.25) is 10.0 Å². The Morgan fingerprint density at radius 2 is 1.83 bits per heavy atom. The number of hydrogen-bond acceptors (Lipinski definition) is 2. The van der Waals surface area contributed by atoms with Gasteiger partial charge in [0, 0.05) is 15.7 Å². The Bertz CT molecular complexity index is 1040. The van der Waals surface area contributed by atoms with Gasteiger partial charge in [0.05, 0.1) is 17.9 Å². The molecule has 0 aromatic heterocycles. The fraction of sp³-hybridized carbons (Fsp3) is 0.360. The molecule has 3 rings (SSSR count). The van der Waals surface area contributed by atoms with Gasteiger partial charge in [-0.2, -0.15) is 5.26 Å². The SMILES string of the molecule is CC(C)=C[C@H]1[C@H](C(=O)Nc2cc(Cl)c([C@@H](C#N)c3ccc(Cl)cc3)cc2C)C1(C)C. The zero-order valence-corrected chi connectivity index (χ0v) is 19.4. The third kappa shape index (κ3) is 4.41. The number of nitriles is 1. The molecule has 0 aliphatic heterocycles. The van der Waals surface area contributed by atoms with E-state index in [4.69, 9.17) is 23.2 Å². The topological polar surface area (TPSA) is 52.9 Å². The fourth-order valence-corrected chi connectivity index (χ4v) is 4.50. The number of halogens is 2. The molecule has 0 unspecified atom stereocenters. The molecular formula is C25H26Cl2N2O. The van der Waals surface area contributed by atoms with Crippen LogP contribution in [-0.2, 0) is 4.79 Å². The molecule has 1 aliphatic carbocycles. The van der Waals surface area contributed by atoms with Crippen LogP contribution in [0.25, 0.3) is 0 Å². The summed E-state index contributed by atoms with van der Waals surface area (Å²) in [6, 6.07) is 13.1.